The molecule has 3 aromatic heterocycles. The predicted octanol–water partition coefficient (Wildman–Crippen LogP) is 11.5. The van der Waals surface area contributed by atoms with E-state index in [0.29, 0.717) is 0 Å². The van der Waals surface area contributed by atoms with Crippen LogP contribution in [0.25, 0.3) is 27.6 Å². The van der Waals surface area contributed by atoms with Crippen LogP contribution >= 0.6 is 0 Å². The molecule has 2 aliphatic heterocycles. The first kappa shape index (κ1) is 28.8. The number of hydrogen-bond acceptors (Lipinski definition) is 4. The summed E-state index contributed by atoms with van der Waals surface area (Å²) in [6.07, 6.45) is 5.80. The number of rotatable bonds is 3. The minimum atomic E-state index is -0.564. The second kappa shape index (κ2) is 11.0. The zero-order chi connectivity index (χ0) is 34.2. The molecule has 9 aromatic rings. The van der Waals surface area contributed by atoms with Crippen LogP contribution in [0.5, 0.6) is 0 Å². The highest BCUT2D eigenvalue weighted by Crippen LogP contribution is 2.63. The van der Waals surface area contributed by atoms with E-state index < -0.39 is 5.41 Å². The van der Waals surface area contributed by atoms with Crippen molar-refractivity contribution in [3.63, 3.8) is 0 Å². The fraction of sp³-hybridized carbons (Fsp3) is 0.0213. The van der Waals surface area contributed by atoms with Gasteiger partial charge in [-0.3, -0.25) is 9.55 Å². The van der Waals surface area contributed by atoms with E-state index in [1.54, 1.807) is 0 Å². The lowest BCUT2D eigenvalue weighted by atomic mass is 9.60. The van der Waals surface area contributed by atoms with Crippen molar-refractivity contribution in [3.8, 4) is 5.82 Å². The topological polar surface area (TPSA) is 37.2 Å². The van der Waals surface area contributed by atoms with Gasteiger partial charge in [0.25, 0.3) is 0 Å². The number of benzene rings is 6. The quantitative estimate of drug-likeness (QED) is 0.188. The molecule has 52 heavy (non-hydrogen) atoms. The number of pyridine rings is 2. The fourth-order valence-corrected chi connectivity index (χ4v) is 8.91. The highest BCUT2D eigenvalue weighted by molar-refractivity contribution is 6.08. The first-order chi connectivity index (χ1) is 25.8. The van der Waals surface area contributed by atoms with Crippen LogP contribution < -0.4 is 9.80 Å². The average Bonchev–Trinajstić information content (AvgIpc) is 3.56. The zero-order valence-electron chi connectivity index (χ0n) is 28.1. The van der Waals surface area contributed by atoms with Gasteiger partial charge in [-0.25, -0.2) is 4.98 Å². The lowest BCUT2D eigenvalue weighted by Gasteiger charge is -2.51. The summed E-state index contributed by atoms with van der Waals surface area (Å²) in [5.41, 5.74) is 13.3. The Labute approximate surface area is 301 Å². The van der Waals surface area contributed by atoms with Crippen LogP contribution in [0, 0.1) is 0 Å². The molecule has 5 heterocycles. The van der Waals surface area contributed by atoms with Crippen molar-refractivity contribution < 1.29 is 0 Å². The lowest BCUT2D eigenvalue weighted by Crippen LogP contribution is -2.41. The third-order valence-electron chi connectivity index (χ3n) is 10.9. The van der Waals surface area contributed by atoms with Gasteiger partial charge < -0.3 is 9.80 Å². The maximum atomic E-state index is 5.15. The number of anilines is 6. The minimum absolute atomic E-state index is 0.564. The molecule has 0 N–H and O–H groups in total. The maximum Gasteiger partial charge on any atom is 0.137 e. The Morgan fingerprint density at radius 3 is 1.46 bits per heavy atom. The standard InChI is InChI=1S/C47H31N5/c1-2-14-32(15-3-1)50-41-22-10-5-17-36(41)47(37-18-6-11-23-42(37)50)38-19-7-12-24-43(38)51(44-25-13-8-20-39(44)47)33-26-27-46(49-30-33)52-40-21-9-4-16-34(40)35-28-29-48-31-45(35)52/h1-31H. The SMILES string of the molecule is c1ccc(N2c3ccccc3C3(c4ccccc42)c2ccccc2N(c2ccc(-n4c5ccccc5c5ccncc54)nc2)c2ccccc23)cc1. The van der Waals surface area contributed by atoms with Crippen LogP contribution in [0.3, 0.4) is 0 Å². The summed E-state index contributed by atoms with van der Waals surface area (Å²) < 4.78 is 2.21. The monoisotopic (exact) mass is 665 g/mol. The van der Waals surface area contributed by atoms with Gasteiger partial charge in [0.15, 0.2) is 0 Å². The average molecular weight is 666 g/mol. The third-order valence-corrected chi connectivity index (χ3v) is 10.9. The van der Waals surface area contributed by atoms with Crippen LogP contribution in [0.15, 0.2) is 188 Å². The van der Waals surface area contributed by atoms with Crippen molar-refractivity contribution in [2.75, 3.05) is 9.80 Å². The largest absolute Gasteiger partial charge is 0.310 e. The van der Waals surface area contributed by atoms with Crippen molar-refractivity contribution in [3.05, 3.63) is 211 Å². The molecule has 0 atom stereocenters. The number of aromatic nitrogens is 3. The number of para-hydroxylation sites is 6. The maximum absolute atomic E-state index is 5.15. The van der Waals surface area contributed by atoms with Crippen molar-refractivity contribution in [2.45, 2.75) is 5.41 Å². The summed E-state index contributed by atoms with van der Waals surface area (Å²) >= 11 is 0. The Kier molecular flexibility index (Phi) is 6.10. The van der Waals surface area contributed by atoms with Gasteiger partial charge in [-0.15, -0.1) is 0 Å². The summed E-state index contributed by atoms with van der Waals surface area (Å²) in [5.74, 6) is 0.856. The zero-order valence-corrected chi connectivity index (χ0v) is 28.1. The Balaban J connectivity index is 1.14. The Hall–Kier alpha value is -6.98. The summed E-state index contributed by atoms with van der Waals surface area (Å²) in [6, 6.07) is 61.3. The molecular weight excluding hydrogens is 635 g/mol. The molecule has 0 amide bonds. The molecule has 244 valence electrons. The van der Waals surface area contributed by atoms with E-state index in [-0.39, 0.29) is 0 Å². The second-order valence-corrected chi connectivity index (χ2v) is 13.4. The third kappa shape index (κ3) is 3.82. The van der Waals surface area contributed by atoms with Gasteiger partial charge in [-0.2, -0.15) is 0 Å². The van der Waals surface area contributed by atoms with Crippen molar-refractivity contribution >= 4 is 55.9 Å². The summed E-state index contributed by atoms with van der Waals surface area (Å²) in [7, 11) is 0. The Bertz CT molecular complexity index is 2670. The molecule has 0 radical (unpaired) electrons. The first-order valence-electron chi connectivity index (χ1n) is 17.7. The van der Waals surface area contributed by atoms with E-state index in [0.717, 1.165) is 39.6 Å². The summed E-state index contributed by atoms with van der Waals surface area (Å²) in [5, 5.41) is 2.35. The highest BCUT2D eigenvalue weighted by atomic mass is 15.2. The number of nitrogens with zero attached hydrogens (tertiary/aromatic N) is 5. The van der Waals surface area contributed by atoms with E-state index in [1.807, 2.05) is 18.6 Å². The van der Waals surface area contributed by atoms with E-state index in [9.17, 15) is 0 Å². The van der Waals surface area contributed by atoms with E-state index >= 15 is 0 Å². The lowest BCUT2D eigenvalue weighted by molar-refractivity contribution is 0.718. The number of fused-ring (bicyclic) bond motifs is 11. The highest BCUT2D eigenvalue weighted by Gasteiger charge is 2.51. The van der Waals surface area contributed by atoms with E-state index in [4.69, 9.17) is 4.98 Å². The van der Waals surface area contributed by atoms with Crippen molar-refractivity contribution in [1.29, 1.82) is 0 Å². The van der Waals surface area contributed by atoms with Gasteiger partial charge in [-0.05, 0) is 82.9 Å². The molecular formula is C47H31N5. The molecule has 0 saturated carbocycles. The van der Waals surface area contributed by atoms with Crippen molar-refractivity contribution in [2.24, 2.45) is 0 Å². The van der Waals surface area contributed by atoms with Crippen LogP contribution in [0.1, 0.15) is 22.3 Å². The Morgan fingerprint density at radius 1 is 0.385 bits per heavy atom. The van der Waals surface area contributed by atoms with Gasteiger partial charge in [0.2, 0.25) is 0 Å². The van der Waals surface area contributed by atoms with Crippen molar-refractivity contribution in [1.82, 2.24) is 14.5 Å². The molecule has 0 saturated heterocycles. The molecule has 2 aliphatic rings. The molecule has 0 bridgehead atoms. The van der Waals surface area contributed by atoms with Gasteiger partial charge in [-0.1, -0.05) is 109 Å². The normalized spacial score (nSPS) is 13.8. The molecule has 0 fully saturated rings. The molecule has 1 spiro atoms. The van der Waals surface area contributed by atoms with Crippen LogP contribution in [-0.2, 0) is 5.41 Å². The van der Waals surface area contributed by atoms with E-state index in [1.165, 1.54) is 44.4 Å². The molecule has 5 heteroatoms. The summed E-state index contributed by atoms with van der Waals surface area (Å²) in [4.78, 5) is 14.4. The van der Waals surface area contributed by atoms with Gasteiger partial charge in [0, 0.05) is 22.7 Å². The second-order valence-electron chi connectivity index (χ2n) is 13.4. The molecule has 0 unspecified atom stereocenters. The van der Waals surface area contributed by atoms with Crippen LogP contribution in [0.4, 0.5) is 34.1 Å². The molecule has 0 aliphatic carbocycles. The smallest absolute Gasteiger partial charge is 0.137 e. The van der Waals surface area contributed by atoms with E-state index in [2.05, 4.69) is 189 Å². The molecule has 11 rings (SSSR count). The van der Waals surface area contributed by atoms with Gasteiger partial charge in [0.1, 0.15) is 5.82 Å². The number of hydrogen-bond donors (Lipinski definition) is 0. The molecule has 5 nitrogen and oxygen atoms in total. The predicted molar refractivity (Wildman–Crippen MR) is 211 cm³/mol. The Morgan fingerprint density at radius 2 is 0.885 bits per heavy atom. The molecule has 6 aromatic carbocycles. The minimum Gasteiger partial charge on any atom is -0.310 e. The summed E-state index contributed by atoms with van der Waals surface area (Å²) in [6.45, 7) is 0. The van der Waals surface area contributed by atoms with Crippen LogP contribution in [-0.4, -0.2) is 14.5 Å². The fourth-order valence-electron chi connectivity index (χ4n) is 8.91. The van der Waals surface area contributed by atoms with Crippen LogP contribution in [0.2, 0.25) is 0 Å². The first-order valence-corrected chi connectivity index (χ1v) is 17.7. The van der Waals surface area contributed by atoms with Gasteiger partial charge >= 0.3 is 0 Å². The van der Waals surface area contributed by atoms with Gasteiger partial charge in [0.05, 0.1) is 57.3 Å².